The summed E-state index contributed by atoms with van der Waals surface area (Å²) in [5, 5.41) is 13.4. The Labute approximate surface area is 163 Å². The highest BCUT2D eigenvalue weighted by Gasteiger charge is 2.33. The molecule has 2 amide bonds. The van der Waals surface area contributed by atoms with Gasteiger partial charge >= 0.3 is 0 Å². The Morgan fingerprint density at radius 1 is 1.25 bits per heavy atom. The zero-order valence-corrected chi connectivity index (χ0v) is 15.7. The van der Waals surface area contributed by atoms with E-state index < -0.39 is 12.1 Å². The van der Waals surface area contributed by atoms with Gasteiger partial charge in [-0.1, -0.05) is 30.3 Å². The third-order valence-electron chi connectivity index (χ3n) is 4.59. The van der Waals surface area contributed by atoms with Gasteiger partial charge in [0, 0.05) is 12.2 Å². The average Bonchev–Trinajstić information content (AvgIpc) is 2.73. The molecule has 2 aromatic rings. The first kappa shape index (κ1) is 19.9. The topological polar surface area (TPSA) is 88.1 Å². The largest absolute Gasteiger partial charge is 0.484 e. The first-order valence-electron chi connectivity index (χ1n) is 9.21. The molecular weight excluding hydrogens is 360 g/mol. The number of anilines is 1. The Balaban J connectivity index is 1.56. The summed E-state index contributed by atoms with van der Waals surface area (Å²) in [6.07, 6.45) is -0.865. The van der Waals surface area contributed by atoms with Crippen molar-refractivity contribution in [3.05, 3.63) is 60.2 Å². The zero-order chi connectivity index (χ0) is 19.9. The van der Waals surface area contributed by atoms with Gasteiger partial charge in [-0.25, -0.2) is 0 Å². The molecule has 7 heteroatoms. The van der Waals surface area contributed by atoms with Gasteiger partial charge in [0.1, 0.15) is 18.5 Å². The number of rotatable bonds is 7. The van der Waals surface area contributed by atoms with Gasteiger partial charge in [0.15, 0.2) is 6.61 Å². The summed E-state index contributed by atoms with van der Waals surface area (Å²) in [7, 11) is 0. The lowest BCUT2D eigenvalue weighted by Gasteiger charge is -2.37. The van der Waals surface area contributed by atoms with Crippen molar-refractivity contribution in [2.75, 3.05) is 31.7 Å². The van der Waals surface area contributed by atoms with Crippen molar-refractivity contribution in [1.29, 1.82) is 0 Å². The highest BCUT2D eigenvalue weighted by atomic mass is 16.5. The van der Waals surface area contributed by atoms with E-state index in [0.29, 0.717) is 23.5 Å². The van der Waals surface area contributed by atoms with Crippen LogP contribution >= 0.6 is 0 Å². The molecule has 0 aromatic heterocycles. The smallest absolute Gasteiger partial charge is 0.262 e. The van der Waals surface area contributed by atoms with Crippen molar-refractivity contribution < 1.29 is 24.2 Å². The van der Waals surface area contributed by atoms with Crippen molar-refractivity contribution >= 4 is 17.5 Å². The second-order valence-electron chi connectivity index (χ2n) is 6.48. The minimum Gasteiger partial charge on any atom is -0.484 e. The van der Waals surface area contributed by atoms with E-state index in [1.807, 2.05) is 25.1 Å². The Kier molecular flexibility index (Phi) is 6.62. The molecule has 0 radical (unpaired) electrons. The summed E-state index contributed by atoms with van der Waals surface area (Å²) < 4.78 is 10.7. The third-order valence-corrected chi connectivity index (χ3v) is 4.59. The van der Waals surface area contributed by atoms with Gasteiger partial charge in [-0.15, -0.1) is 0 Å². The first-order valence-corrected chi connectivity index (χ1v) is 9.21. The average molecular weight is 384 g/mol. The fourth-order valence-electron chi connectivity index (χ4n) is 3.15. The number of aliphatic hydroxyl groups is 1. The summed E-state index contributed by atoms with van der Waals surface area (Å²) >= 11 is 0. The molecule has 1 heterocycles. The predicted octanol–water partition coefficient (Wildman–Crippen LogP) is 1.98. The molecule has 3 rings (SSSR count). The van der Waals surface area contributed by atoms with Crippen molar-refractivity contribution in [1.82, 2.24) is 4.90 Å². The van der Waals surface area contributed by atoms with Crippen LogP contribution in [0.15, 0.2) is 54.6 Å². The molecule has 1 fully saturated rings. The van der Waals surface area contributed by atoms with Crippen LogP contribution in [-0.4, -0.2) is 54.2 Å². The predicted molar refractivity (Wildman–Crippen MR) is 104 cm³/mol. The van der Waals surface area contributed by atoms with Gasteiger partial charge in [-0.2, -0.15) is 0 Å². The molecule has 0 bridgehead atoms. The Morgan fingerprint density at radius 3 is 2.64 bits per heavy atom. The Morgan fingerprint density at radius 2 is 1.96 bits per heavy atom. The van der Waals surface area contributed by atoms with Crippen LogP contribution in [0.1, 0.15) is 18.6 Å². The van der Waals surface area contributed by atoms with E-state index in [4.69, 9.17) is 9.47 Å². The van der Waals surface area contributed by atoms with E-state index in [0.717, 1.165) is 0 Å². The monoisotopic (exact) mass is 384 g/mol. The van der Waals surface area contributed by atoms with Gasteiger partial charge in [0.05, 0.1) is 12.6 Å². The molecule has 1 aliphatic rings. The second-order valence-corrected chi connectivity index (χ2v) is 6.48. The molecule has 1 aliphatic heterocycles. The summed E-state index contributed by atoms with van der Waals surface area (Å²) in [6, 6.07) is 15.6. The molecule has 2 N–H and O–H groups in total. The van der Waals surface area contributed by atoms with E-state index in [9.17, 15) is 14.7 Å². The van der Waals surface area contributed by atoms with Crippen LogP contribution in [0.2, 0.25) is 0 Å². The number of aliphatic hydroxyl groups excluding tert-OH is 1. The van der Waals surface area contributed by atoms with E-state index >= 15 is 0 Å². The molecule has 28 heavy (non-hydrogen) atoms. The number of nitrogens with one attached hydrogen (secondary N) is 1. The first-order chi connectivity index (χ1) is 13.6. The van der Waals surface area contributed by atoms with Crippen molar-refractivity contribution in [3.8, 4) is 5.75 Å². The number of benzene rings is 2. The lowest BCUT2D eigenvalue weighted by atomic mass is 10.00. The number of amides is 2. The second kappa shape index (κ2) is 9.34. The number of ether oxygens (including phenoxy) is 2. The lowest BCUT2D eigenvalue weighted by molar-refractivity contribution is -0.153. The minimum atomic E-state index is -0.865. The van der Waals surface area contributed by atoms with Crippen molar-refractivity contribution in [2.45, 2.75) is 19.1 Å². The summed E-state index contributed by atoms with van der Waals surface area (Å²) in [4.78, 5) is 25.6. The molecule has 2 unspecified atom stereocenters. The number of morpholine rings is 1. The molecular formula is C21H24N2O5. The molecule has 2 aromatic carbocycles. The van der Waals surface area contributed by atoms with E-state index in [-0.39, 0.29) is 31.6 Å². The number of carbonyl (C=O) groups excluding carboxylic acids is 2. The highest BCUT2D eigenvalue weighted by Crippen LogP contribution is 2.25. The molecule has 0 aliphatic carbocycles. The summed E-state index contributed by atoms with van der Waals surface area (Å²) in [5.41, 5.74) is 1.25. The van der Waals surface area contributed by atoms with Gasteiger partial charge < -0.3 is 24.8 Å². The maximum atomic E-state index is 12.0. The molecule has 2 atom stereocenters. The molecule has 0 spiro atoms. The third kappa shape index (κ3) is 4.88. The fraction of sp³-hybridized carbons (Fsp3) is 0.333. The van der Waals surface area contributed by atoms with Crippen LogP contribution in [-0.2, 0) is 14.3 Å². The van der Waals surface area contributed by atoms with E-state index in [1.165, 1.54) is 0 Å². The van der Waals surface area contributed by atoms with Crippen LogP contribution in [0.25, 0.3) is 0 Å². The van der Waals surface area contributed by atoms with Crippen LogP contribution in [0, 0.1) is 0 Å². The van der Waals surface area contributed by atoms with Crippen LogP contribution in [0.4, 0.5) is 5.69 Å². The number of hydrogen-bond acceptors (Lipinski definition) is 5. The molecule has 0 saturated carbocycles. The van der Waals surface area contributed by atoms with E-state index in [2.05, 4.69) is 5.32 Å². The quantitative estimate of drug-likeness (QED) is 0.762. The van der Waals surface area contributed by atoms with Gasteiger partial charge in [0.25, 0.3) is 5.91 Å². The van der Waals surface area contributed by atoms with Crippen LogP contribution < -0.4 is 10.1 Å². The Hall–Kier alpha value is -2.90. The molecule has 7 nitrogen and oxygen atoms in total. The fourth-order valence-corrected chi connectivity index (χ4v) is 3.15. The number of carbonyl (C=O) groups is 2. The number of para-hydroxylation sites is 1. The normalized spacial score (nSPS) is 17.9. The highest BCUT2D eigenvalue weighted by molar-refractivity contribution is 5.91. The van der Waals surface area contributed by atoms with Crippen molar-refractivity contribution in [2.24, 2.45) is 0 Å². The standard InChI is InChI=1S/C21H24N2O5/c1-2-23-18(12-27-14-20(23)25)21(26)15-8-10-16(11-9-15)22-19(24)13-28-17-6-4-3-5-7-17/h3-11,18,21,26H,2,12-14H2,1H3,(H,22,24). The van der Waals surface area contributed by atoms with E-state index in [1.54, 1.807) is 41.3 Å². The van der Waals surface area contributed by atoms with Crippen LogP contribution in [0.5, 0.6) is 5.75 Å². The van der Waals surface area contributed by atoms with Gasteiger partial charge in [-0.05, 0) is 36.8 Å². The van der Waals surface area contributed by atoms with Crippen LogP contribution in [0.3, 0.4) is 0 Å². The molecule has 148 valence electrons. The SMILES string of the molecule is CCN1C(=O)COCC1C(O)c1ccc(NC(=O)COc2ccccc2)cc1. The Bertz CT molecular complexity index is 794. The van der Waals surface area contributed by atoms with Gasteiger partial charge in [-0.3, -0.25) is 9.59 Å². The summed E-state index contributed by atoms with van der Waals surface area (Å²) in [5.74, 6) is 0.224. The number of likely N-dealkylation sites (N-methyl/N-ethyl adjacent to an activating group) is 1. The number of hydrogen-bond donors (Lipinski definition) is 2. The maximum Gasteiger partial charge on any atom is 0.262 e. The minimum absolute atomic E-state index is 0.0487. The number of nitrogens with zero attached hydrogens (tertiary/aromatic N) is 1. The van der Waals surface area contributed by atoms with Crippen molar-refractivity contribution in [3.63, 3.8) is 0 Å². The van der Waals surface area contributed by atoms with Gasteiger partial charge in [0.2, 0.25) is 5.91 Å². The summed E-state index contributed by atoms with van der Waals surface area (Å²) in [6.45, 7) is 2.63. The molecule has 1 saturated heterocycles. The maximum absolute atomic E-state index is 12.0. The lowest BCUT2D eigenvalue weighted by Crippen LogP contribution is -2.51. The zero-order valence-electron chi connectivity index (χ0n) is 15.7.